The lowest BCUT2D eigenvalue weighted by Crippen LogP contribution is -2.44. The van der Waals surface area contributed by atoms with Crippen molar-refractivity contribution in [1.29, 1.82) is 0 Å². The van der Waals surface area contributed by atoms with Crippen LogP contribution in [0.25, 0.3) is 11.3 Å². The molecule has 0 aliphatic carbocycles. The van der Waals surface area contributed by atoms with Gasteiger partial charge in [-0.3, -0.25) is 9.78 Å². The highest BCUT2D eigenvalue weighted by Crippen LogP contribution is 2.34. The van der Waals surface area contributed by atoms with E-state index in [2.05, 4.69) is 49.3 Å². The second-order valence-electron chi connectivity index (χ2n) is 12.7. The van der Waals surface area contributed by atoms with E-state index >= 15 is 0 Å². The smallest absolute Gasteiger partial charge is 0.264 e. The maximum absolute atomic E-state index is 13.9. The van der Waals surface area contributed by atoms with Crippen molar-refractivity contribution in [3.8, 4) is 17.1 Å². The van der Waals surface area contributed by atoms with Crippen molar-refractivity contribution in [1.82, 2.24) is 19.9 Å². The molecule has 1 aliphatic rings. The minimum atomic E-state index is -4.14. The van der Waals surface area contributed by atoms with E-state index in [9.17, 15) is 13.2 Å². The standard InChI is InChI=1S/C34H39N5O4S/c1-21(2)17-29-31(27-16-15-24(20-35-27)34(4,5)6)43-30-19-28(26-14-9-8-11-22(26)3)36-33(37-30)38-44(41,42)25-13-10-12-23(18-25)32(40)39(29)7/h8-16,18-21,29,31H,17H2,1-7H3,(H,36,37,38)/t29-,31+/m1/s1. The van der Waals surface area contributed by atoms with Crippen molar-refractivity contribution in [2.75, 3.05) is 11.8 Å². The van der Waals surface area contributed by atoms with E-state index in [-0.39, 0.29) is 39.5 Å². The summed E-state index contributed by atoms with van der Waals surface area (Å²) in [7, 11) is -2.42. The van der Waals surface area contributed by atoms with Gasteiger partial charge in [-0.1, -0.05) is 71.0 Å². The van der Waals surface area contributed by atoms with Crippen molar-refractivity contribution in [3.05, 3.63) is 95.3 Å². The molecular weight excluding hydrogens is 574 g/mol. The number of hydrogen-bond acceptors (Lipinski definition) is 7. The van der Waals surface area contributed by atoms with Crippen LogP contribution in [-0.2, 0) is 15.4 Å². The van der Waals surface area contributed by atoms with Crippen LogP contribution in [0.1, 0.15) is 74.3 Å². The Labute approximate surface area is 259 Å². The molecule has 3 heterocycles. The van der Waals surface area contributed by atoms with Crippen LogP contribution in [0.4, 0.5) is 5.95 Å². The van der Waals surface area contributed by atoms with Crippen LogP contribution < -0.4 is 9.46 Å². The van der Waals surface area contributed by atoms with Crippen molar-refractivity contribution in [2.45, 2.75) is 70.4 Å². The van der Waals surface area contributed by atoms with E-state index in [1.54, 1.807) is 30.1 Å². The third-order valence-corrected chi connectivity index (χ3v) is 9.14. The Morgan fingerprint density at radius 2 is 1.75 bits per heavy atom. The fourth-order valence-electron chi connectivity index (χ4n) is 5.31. The van der Waals surface area contributed by atoms with Gasteiger partial charge in [0.15, 0.2) is 6.10 Å². The number of fused-ring (bicyclic) bond motifs is 4. The molecule has 0 unspecified atom stereocenters. The monoisotopic (exact) mass is 613 g/mol. The maximum atomic E-state index is 13.9. The molecule has 4 aromatic rings. The van der Waals surface area contributed by atoms with Crippen molar-refractivity contribution in [2.24, 2.45) is 5.92 Å². The second kappa shape index (κ2) is 12.0. The maximum Gasteiger partial charge on any atom is 0.264 e. The van der Waals surface area contributed by atoms with Gasteiger partial charge < -0.3 is 9.64 Å². The van der Waals surface area contributed by atoms with E-state index in [1.807, 2.05) is 49.5 Å². The molecule has 44 heavy (non-hydrogen) atoms. The molecule has 0 fully saturated rings. The number of carbonyl (C=O) groups is 1. The van der Waals surface area contributed by atoms with Crippen LogP contribution in [0, 0.1) is 12.8 Å². The summed E-state index contributed by atoms with van der Waals surface area (Å²) in [6, 6.07) is 18.9. The molecular formula is C34H39N5O4S. The van der Waals surface area contributed by atoms with Gasteiger partial charge in [-0.05, 0) is 60.1 Å². The van der Waals surface area contributed by atoms with E-state index in [4.69, 9.17) is 9.72 Å². The molecule has 2 aromatic heterocycles. The predicted octanol–water partition coefficient (Wildman–Crippen LogP) is 6.57. The molecule has 230 valence electrons. The highest BCUT2D eigenvalue weighted by Gasteiger charge is 2.35. The van der Waals surface area contributed by atoms with Gasteiger partial charge in [0.05, 0.1) is 22.3 Å². The first kappa shape index (κ1) is 31.1. The number of aromatic nitrogens is 3. The molecule has 1 aliphatic heterocycles. The van der Waals surface area contributed by atoms with Crippen molar-refractivity contribution >= 4 is 21.9 Å². The Morgan fingerprint density at radius 1 is 1.00 bits per heavy atom. The quantitative estimate of drug-likeness (QED) is 0.277. The molecule has 10 heteroatoms. The summed E-state index contributed by atoms with van der Waals surface area (Å²) in [5.74, 6) is -0.114. The number of sulfonamides is 1. The number of carbonyl (C=O) groups excluding carboxylic acids is 1. The van der Waals surface area contributed by atoms with Gasteiger partial charge >= 0.3 is 0 Å². The van der Waals surface area contributed by atoms with Crippen LogP contribution in [0.15, 0.2) is 77.8 Å². The third-order valence-electron chi connectivity index (χ3n) is 7.81. The van der Waals surface area contributed by atoms with Gasteiger partial charge in [0, 0.05) is 30.4 Å². The largest absolute Gasteiger partial charge is 0.465 e. The number of nitrogens with one attached hydrogen (secondary N) is 1. The van der Waals surface area contributed by atoms with Gasteiger partial charge in [0.1, 0.15) is 0 Å². The van der Waals surface area contributed by atoms with E-state index < -0.39 is 22.2 Å². The van der Waals surface area contributed by atoms with Gasteiger partial charge in [0.2, 0.25) is 11.8 Å². The molecule has 0 spiro atoms. The zero-order valence-corrected chi connectivity index (χ0v) is 27.0. The molecule has 2 aromatic carbocycles. The Morgan fingerprint density at radius 3 is 2.41 bits per heavy atom. The minimum absolute atomic E-state index is 0.0697. The van der Waals surface area contributed by atoms with Crippen molar-refractivity contribution in [3.63, 3.8) is 0 Å². The SMILES string of the molecule is Cc1ccccc1-c1cc2nc(n1)NS(=O)(=O)c1cccc(c1)C(=O)N(C)[C@H](CC(C)C)[C@H](c1ccc(C(C)(C)C)cn1)O2. The lowest BCUT2D eigenvalue weighted by Gasteiger charge is -2.35. The summed E-state index contributed by atoms with van der Waals surface area (Å²) in [4.78, 5) is 29.4. The number of hydrogen-bond donors (Lipinski definition) is 1. The summed E-state index contributed by atoms with van der Waals surface area (Å²) in [5.41, 5.74) is 4.09. The number of aryl methyl sites for hydroxylation is 1. The Balaban J connectivity index is 1.75. The Bertz CT molecular complexity index is 1780. The van der Waals surface area contributed by atoms with Crippen LogP contribution in [0.3, 0.4) is 0 Å². The van der Waals surface area contributed by atoms with E-state index in [0.29, 0.717) is 17.8 Å². The molecule has 0 saturated carbocycles. The van der Waals surface area contributed by atoms with Crippen LogP contribution in [-0.4, -0.2) is 47.3 Å². The fourth-order valence-corrected chi connectivity index (χ4v) is 6.30. The first-order valence-electron chi connectivity index (χ1n) is 14.7. The van der Waals surface area contributed by atoms with Gasteiger partial charge in [0.25, 0.3) is 15.9 Å². The summed E-state index contributed by atoms with van der Waals surface area (Å²) in [6.45, 7) is 12.5. The number of benzene rings is 2. The fraction of sp³-hybridized carbons (Fsp3) is 0.353. The van der Waals surface area contributed by atoms with Gasteiger partial charge in [-0.25, -0.2) is 18.1 Å². The number of likely N-dealkylation sites (N-methyl/N-ethyl adjacent to an activating group) is 1. The Hall–Kier alpha value is -4.31. The third kappa shape index (κ3) is 6.60. The molecule has 0 saturated heterocycles. The summed E-state index contributed by atoms with van der Waals surface area (Å²) in [6.07, 6.45) is 1.71. The number of anilines is 1. The van der Waals surface area contributed by atoms with E-state index in [1.165, 1.54) is 12.1 Å². The van der Waals surface area contributed by atoms with Crippen LogP contribution in [0.5, 0.6) is 5.88 Å². The van der Waals surface area contributed by atoms with Gasteiger partial charge in [-0.2, -0.15) is 4.98 Å². The summed E-state index contributed by atoms with van der Waals surface area (Å²) >= 11 is 0. The van der Waals surface area contributed by atoms with Gasteiger partial charge in [-0.15, -0.1) is 0 Å². The summed E-state index contributed by atoms with van der Waals surface area (Å²) < 4.78 is 36.2. The molecule has 5 rings (SSSR count). The zero-order valence-electron chi connectivity index (χ0n) is 26.2. The minimum Gasteiger partial charge on any atom is -0.465 e. The lowest BCUT2D eigenvalue weighted by molar-refractivity contribution is 0.0434. The Kier molecular flexibility index (Phi) is 8.49. The normalized spacial score (nSPS) is 18.5. The predicted molar refractivity (Wildman–Crippen MR) is 171 cm³/mol. The lowest BCUT2D eigenvalue weighted by atomic mass is 9.87. The molecule has 0 radical (unpaired) electrons. The number of amides is 1. The number of nitrogens with zero attached hydrogens (tertiary/aromatic N) is 4. The molecule has 1 amide bonds. The number of pyridine rings is 1. The molecule has 9 nitrogen and oxygen atoms in total. The highest BCUT2D eigenvalue weighted by atomic mass is 32.2. The topological polar surface area (TPSA) is 114 Å². The average molecular weight is 614 g/mol. The summed E-state index contributed by atoms with van der Waals surface area (Å²) in [5, 5.41) is 0. The first-order valence-corrected chi connectivity index (χ1v) is 16.2. The zero-order chi connectivity index (χ0) is 31.8. The van der Waals surface area contributed by atoms with E-state index in [0.717, 1.165) is 16.7 Å². The highest BCUT2D eigenvalue weighted by molar-refractivity contribution is 7.92. The number of rotatable bonds is 4. The molecule has 4 bridgehead atoms. The second-order valence-corrected chi connectivity index (χ2v) is 14.4. The molecule has 2 atom stereocenters. The first-order chi connectivity index (χ1) is 20.7. The number of ether oxygens (including phenoxy) is 1. The average Bonchev–Trinajstić information content (AvgIpc) is 2.97. The van der Waals surface area contributed by atoms with Crippen LogP contribution in [0.2, 0.25) is 0 Å². The van der Waals surface area contributed by atoms with Crippen molar-refractivity contribution < 1.29 is 17.9 Å². The molecule has 1 N–H and O–H groups in total. The van der Waals surface area contributed by atoms with Crippen LogP contribution >= 0.6 is 0 Å².